The van der Waals surface area contributed by atoms with Crippen molar-refractivity contribution in [2.45, 2.75) is 77.2 Å². The van der Waals surface area contributed by atoms with Crippen LogP contribution in [0.4, 0.5) is 5.82 Å². The molecular formula is C45H57N6O8P. The van der Waals surface area contributed by atoms with Gasteiger partial charge in [0, 0.05) is 37.8 Å². The summed E-state index contributed by atoms with van der Waals surface area (Å²) in [5.74, 6) is 2.51. The number of aliphatic imine (C=N–C) groups is 1. The molecule has 0 amide bonds. The third-order valence-corrected chi connectivity index (χ3v) is 12.7. The fourth-order valence-corrected chi connectivity index (χ4v) is 9.38. The molecule has 2 aliphatic heterocycles. The number of amidine groups is 1. The molecule has 1 aromatic heterocycles. The maximum absolute atomic E-state index is 13.8. The van der Waals surface area contributed by atoms with Crippen LogP contribution in [0.5, 0.6) is 11.5 Å². The molecule has 2 aliphatic rings. The molecular weight excluding hydrogens is 784 g/mol. The van der Waals surface area contributed by atoms with Crippen LogP contribution in [0.25, 0.3) is 4.85 Å². The molecule has 2 saturated heterocycles. The summed E-state index contributed by atoms with van der Waals surface area (Å²) in [4.78, 5) is 28.4. The number of aromatic nitrogens is 2. The minimum Gasteiger partial charge on any atom is -0.497 e. The van der Waals surface area contributed by atoms with Gasteiger partial charge in [-0.15, -0.1) is 0 Å². The zero-order valence-electron chi connectivity index (χ0n) is 35.6. The maximum atomic E-state index is 13.8. The molecule has 15 heteroatoms. The summed E-state index contributed by atoms with van der Waals surface area (Å²) in [6, 6.07) is 27.6. The van der Waals surface area contributed by atoms with E-state index in [1.54, 1.807) is 26.5 Å². The van der Waals surface area contributed by atoms with Crippen molar-refractivity contribution in [1.82, 2.24) is 19.1 Å². The molecule has 14 nitrogen and oxygen atoms in total. The van der Waals surface area contributed by atoms with Gasteiger partial charge in [-0.3, -0.25) is 4.57 Å². The van der Waals surface area contributed by atoms with E-state index in [1.807, 2.05) is 85.8 Å². The van der Waals surface area contributed by atoms with Crippen LogP contribution in [-0.2, 0) is 28.9 Å². The SMILES string of the molecule is [C-]#[N+]CCOP(O[C@@H]1C[C@H](n2ccc(N=C(C)N3CCOCC3)nc2=O)O[C@@H]1COC(c1ccccc1)(c1ccc(OC)cc1)c1ccc(OC)cc1)N(C(C)C)C(C)C. The molecule has 3 aromatic carbocycles. The first-order chi connectivity index (χ1) is 29.1. The lowest BCUT2D eigenvalue weighted by Gasteiger charge is -2.39. The quantitative estimate of drug-likeness (QED) is 0.0246. The molecule has 60 heavy (non-hydrogen) atoms. The van der Waals surface area contributed by atoms with Crippen molar-refractivity contribution in [3.63, 3.8) is 0 Å². The monoisotopic (exact) mass is 840 g/mol. The zero-order chi connectivity index (χ0) is 42.6. The van der Waals surface area contributed by atoms with Crippen molar-refractivity contribution in [2.24, 2.45) is 4.99 Å². The van der Waals surface area contributed by atoms with E-state index in [2.05, 4.69) is 52.1 Å². The van der Waals surface area contributed by atoms with Crippen LogP contribution in [0, 0.1) is 6.57 Å². The van der Waals surface area contributed by atoms with Crippen molar-refractivity contribution < 1.29 is 32.7 Å². The largest absolute Gasteiger partial charge is 0.497 e. The van der Waals surface area contributed by atoms with Gasteiger partial charge in [0.05, 0.1) is 40.1 Å². The summed E-state index contributed by atoms with van der Waals surface area (Å²) in [6.07, 6.45) is 0.00411. The minimum absolute atomic E-state index is 0.0615. The van der Waals surface area contributed by atoms with E-state index >= 15 is 0 Å². The summed E-state index contributed by atoms with van der Waals surface area (Å²) >= 11 is 0. The van der Waals surface area contributed by atoms with Crippen molar-refractivity contribution in [1.29, 1.82) is 0 Å². The molecule has 0 radical (unpaired) electrons. The van der Waals surface area contributed by atoms with Gasteiger partial charge in [0.25, 0.3) is 8.53 Å². The minimum atomic E-state index is -1.66. The Labute approximate surface area is 354 Å². The molecule has 6 rings (SSSR count). The molecule has 3 heterocycles. The van der Waals surface area contributed by atoms with Gasteiger partial charge in [-0.1, -0.05) is 54.6 Å². The highest BCUT2D eigenvalue weighted by atomic mass is 31.2. The normalized spacial score (nSPS) is 19.2. The molecule has 0 aliphatic carbocycles. The van der Waals surface area contributed by atoms with Crippen LogP contribution < -0.4 is 15.2 Å². The fraction of sp³-hybridized carbons (Fsp3) is 0.467. The van der Waals surface area contributed by atoms with E-state index in [0.717, 1.165) is 35.6 Å². The van der Waals surface area contributed by atoms with E-state index in [9.17, 15) is 4.79 Å². The summed E-state index contributed by atoms with van der Waals surface area (Å²) in [6.45, 7) is 20.9. The lowest BCUT2D eigenvalue weighted by atomic mass is 9.80. The Hall–Kier alpha value is -4.71. The van der Waals surface area contributed by atoms with Gasteiger partial charge in [-0.25, -0.2) is 21.0 Å². The number of hydrogen-bond acceptors (Lipinski definition) is 11. The van der Waals surface area contributed by atoms with Crippen LogP contribution >= 0.6 is 8.53 Å². The first kappa shape index (κ1) is 44.8. The van der Waals surface area contributed by atoms with Crippen molar-refractivity contribution >= 4 is 20.2 Å². The van der Waals surface area contributed by atoms with E-state index < -0.39 is 38.3 Å². The van der Waals surface area contributed by atoms with Gasteiger partial charge in [-0.05, 0) is 81.6 Å². The van der Waals surface area contributed by atoms with Gasteiger partial charge in [0.1, 0.15) is 41.9 Å². The number of nitrogens with zero attached hydrogens (tertiary/aromatic N) is 6. The van der Waals surface area contributed by atoms with Gasteiger partial charge in [0.15, 0.2) is 5.82 Å². The number of morpholine rings is 1. The average molecular weight is 841 g/mol. The number of ether oxygens (including phenoxy) is 5. The smallest absolute Gasteiger partial charge is 0.351 e. The third-order valence-electron chi connectivity index (χ3n) is 10.6. The Bertz CT molecular complexity index is 2030. The molecule has 320 valence electrons. The maximum Gasteiger partial charge on any atom is 0.351 e. The molecule has 4 aromatic rings. The number of hydrogen-bond donors (Lipinski definition) is 0. The van der Waals surface area contributed by atoms with Crippen molar-refractivity contribution in [2.75, 3.05) is 60.3 Å². The number of benzene rings is 3. The Kier molecular flexibility index (Phi) is 15.8. The van der Waals surface area contributed by atoms with Crippen LogP contribution in [0.1, 0.15) is 64.0 Å². The number of methoxy groups -OCH3 is 2. The fourth-order valence-electron chi connectivity index (χ4n) is 7.63. The second kappa shape index (κ2) is 21.2. The van der Waals surface area contributed by atoms with Gasteiger partial charge in [0.2, 0.25) is 6.54 Å². The second-order valence-corrected chi connectivity index (χ2v) is 16.5. The van der Waals surface area contributed by atoms with Crippen LogP contribution in [0.3, 0.4) is 0 Å². The first-order valence-corrected chi connectivity index (χ1v) is 21.5. The van der Waals surface area contributed by atoms with Gasteiger partial charge < -0.3 is 42.5 Å². The Balaban J connectivity index is 1.39. The Morgan fingerprint density at radius 3 is 2.08 bits per heavy atom. The van der Waals surface area contributed by atoms with Crippen LogP contribution in [0.2, 0.25) is 0 Å². The second-order valence-electron chi connectivity index (χ2n) is 15.1. The molecule has 0 saturated carbocycles. The molecule has 0 bridgehead atoms. The predicted octanol–water partition coefficient (Wildman–Crippen LogP) is 7.61. The van der Waals surface area contributed by atoms with E-state index in [4.69, 9.17) is 39.3 Å². The molecule has 0 spiro atoms. The highest BCUT2D eigenvalue weighted by molar-refractivity contribution is 7.44. The molecule has 0 N–H and O–H groups in total. The van der Waals surface area contributed by atoms with Crippen LogP contribution in [-0.4, -0.2) is 110 Å². The van der Waals surface area contributed by atoms with Gasteiger partial charge in [-0.2, -0.15) is 4.98 Å². The number of rotatable bonds is 18. The highest BCUT2D eigenvalue weighted by Crippen LogP contribution is 2.50. The van der Waals surface area contributed by atoms with Gasteiger partial charge >= 0.3 is 5.69 Å². The van der Waals surface area contributed by atoms with E-state index in [0.29, 0.717) is 37.0 Å². The van der Waals surface area contributed by atoms with E-state index in [1.165, 1.54) is 4.57 Å². The summed E-state index contributed by atoms with van der Waals surface area (Å²) in [5, 5.41) is 0. The zero-order valence-corrected chi connectivity index (χ0v) is 36.5. The first-order valence-electron chi connectivity index (χ1n) is 20.4. The summed E-state index contributed by atoms with van der Waals surface area (Å²) < 4.78 is 47.8. The summed E-state index contributed by atoms with van der Waals surface area (Å²) in [5.41, 5.74) is 1.01. The van der Waals surface area contributed by atoms with E-state index in [-0.39, 0.29) is 31.8 Å². The molecule has 1 unspecified atom stereocenters. The standard InChI is InChI=1S/C45H57N6O8P/c1-32(2)51(33(3)4)60(57-27-23-46-6)59-40-30-43(50-24-22-42(48-44(50)52)47-34(5)49-25-28-55-29-26-49)58-41(40)31-56-45(35-12-10-9-11-13-35,36-14-18-38(53-7)19-15-36)37-16-20-39(54-8)21-17-37/h9-22,24,32-33,40-41,43H,23,25-31H2,1-5,7-8H3/t40-,41-,43-,60?/m1/s1. The third kappa shape index (κ3) is 10.6. The molecule has 2 fully saturated rings. The molecule has 4 atom stereocenters. The predicted molar refractivity (Wildman–Crippen MR) is 232 cm³/mol. The average Bonchev–Trinajstić information content (AvgIpc) is 3.66. The summed E-state index contributed by atoms with van der Waals surface area (Å²) in [7, 11) is 1.62. The Morgan fingerprint density at radius 2 is 1.53 bits per heavy atom. The Morgan fingerprint density at radius 1 is 0.933 bits per heavy atom. The lowest BCUT2D eigenvalue weighted by Crippen LogP contribution is -2.39. The highest BCUT2D eigenvalue weighted by Gasteiger charge is 2.45. The van der Waals surface area contributed by atoms with Crippen molar-refractivity contribution in [3.8, 4) is 11.5 Å². The van der Waals surface area contributed by atoms with Crippen molar-refractivity contribution in [3.05, 3.63) is 130 Å². The van der Waals surface area contributed by atoms with Crippen LogP contribution in [0.15, 0.2) is 101 Å². The topological polar surface area (TPSA) is 123 Å². The lowest BCUT2D eigenvalue weighted by molar-refractivity contribution is -0.0925.